The summed E-state index contributed by atoms with van der Waals surface area (Å²) >= 11 is 1.36. The predicted molar refractivity (Wildman–Crippen MR) is 70.9 cm³/mol. The van der Waals surface area contributed by atoms with Crippen LogP contribution in [0.1, 0.15) is 0 Å². The standard InChI is InChI=1S/C12H8S.BF4/c1-3-7-11-9(5-1)10-6-2-4-8-12(10)13-11;2-1(3,4)5/h1-8H;/q;-1/p+1. The fourth-order valence-electron chi connectivity index (χ4n) is 1.73. The molecule has 0 aliphatic heterocycles. The van der Waals surface area contributed by atoms with Gasteiger partial charge in [-0.15, -0.1) is 0 Å². The van der Waals surface area contributed by atoms with Crippen molar-refractivity contribution in [1.82, 2.24) is 0 Å². The lowest BCUT2D eigenvalue weighted by molar-refractivity contribution is 0.368. The number of benzene rings is 2. The normalized spacial score (nSPS) is 11.3. The van der Waals surface area contributed by atoms with E-state index in [1.165, 1.54) is 31.5 Å². The number of thiophene rings is 1. The van der Waals surface area contributed by atoms with Crippen LogP contribution in [0.2, 0.25) is 0 Å². The van der Waals surface area contributed by atoms with Crippen molar-refractivity contribution in [3.8, 4) is 0 Å². The minimum atomic E-state index is -6.00. The SMILES string of the molecule is F[B-](F)(F)F.c1ccc2c(c1)[sH+]c1ccccc12. The Morgan fingerprint density at radius 2 is 1.00 bits per heavy atom. The number of halogens is 4. The van der Waals surface area contributed by atoms with Gasteiger partial charge >= 0.3 is 7.25 Å². The topological polar surface area (TPSA) is 0 Å². The number of rotatable bonds is 0. The molecular weight excluding hydrogens is 263 g/mol. The summed E-state index contributed by atoms with van der Waals surface area (Å²) in [6, 6.07) is 17.2. The molecule has 0 saturated carbocycles. The summed E-state index contributed by atoms with van der Waals surface area (Å²) in [5.74, 6) is 0. The Morgan fingerprint density at radius 3 is 1.39 bits per heavy atom. The van der Waals surface area contributed by atoms with Crippen molar-refractivity contribution >= 4 is 38.8 Å². The van der Waals surface area contributed by atoms with E-state index in [-0.39, 0.29) is 0 Å². The van der Waals surface area contributed by atoms with Crippen LogP contribution >= 0.6 is 11.3 Å². The molecular formula is C12H9BF4S. The maximum absolute atomic E-state index is 9.75. The fraction of sp³-hybridized carbons (Fsp3) is 0. The first kappa shape index (κ1) is 12.9. The van der Waals surface area contributed by atoms with Gasteiger partial charge in [0.05, 0.1) is 0 Å². The molecule has 6 heteroatoms. The van der Waals surface area contributed by atoms with E-state index in [9.17, 15) is 17.3 Å². The van der Waals surface area contributed by atoms with E-state index in [0.717, 1.165) is 0 Å². The largest absolute Gasteiger partial charge is 0.673 e. The summed E-state index contributed by atoms with van der Waals surface area (Å²) in [5.41, 5.74) is 0. The average Bonchev–Trinajstić information content (AvgIpc) is 2.65. The molecule has 0 bridgehead atoms. The van der Waals surface area contributed by atoms with Gasteiger partial charge in [0.1, 0.15) is 0 Å². The molecule has 3 aromatic rings. The second-order valence-electron chi connectivity index (χ2n) is 3.64. The van der Waals surface area contributed by atoms with Crippen molar-refractivity contribution < 1.29 is 17.3 Å². The highest BCUT2D eigenvalue weighted by Gasteiger charge is 2.20. The predicted octanol–water partition coefficient (Wildman–Crippen LogP) is 5.09. The van der Waals surface area contributed by atoms with Gasteiger partial charge in [0.15, 0.2) is 9.40 Å². The van der Waals surface area contributed by atoms with E-state index in [4.69, 9.17) is 0 Å². The zero-order chi connectivity index (χ0) is 13.2. The van der Waals surface area contributed by atoms with Crippen LogP contribution in [0.3, 0.4) is 0 Å². The number of hydrogen-bond acceptors (Lipinski definition) is 0. The number of fused-ring (bicyclic) bond motifs is 3. The highest BCUT2D eigenvalue weighted by molar-refractivity contribution is 7.25. The van der Waals surface area contributed by atoms with Crippen molar-refractivity contribution in [3.05, 3.63) is 48.5 Å². The molecule has 0 saturated heterocycles. The quantitative estimate of drug-likeness (QED) is 0.304. The van der Waals surface area contributed by atoms with E-state index in [0.29, 0.717) is 0 Å². The van der Waals surface area contributed by atoms with Crippen LogP contribution in [-0.2, 0) is 0 Å². The lowest BCUT2D eigenvalue weighted by atomic mass is 10.2. The minimum absolute atomic E-state index is 1.36. The van der Waals surface area contributed by atoms with Crippen molar-refractivity contribution in [3.63, 3.8) is 0 Å². The van der Waals surface area contributed by atoms with E-state index in [1.54, 1.807) is 0 Å². The molecule has 0 atom stereocenters. The second-order valence-corrected chi connectivity index (χ2v) is 4.83. The minimum Gasteiger partial charge on any atom is -0.418 e. The summed E-state index contributed by atoms with van der Waals surface area (Å²) in [4.78, 5) is 0. The lowest BCUT2D eigenvalue weighted by Crippen LogP contribution is -2.02. The first-order valence-corrected chi connectivity index (χ1v) is 6.12. The zero-order valence-corrected chi connectivity index (χ0v) is 10.0. The summed E-state index contributed by atoms with van der Waals surface area (Å²) < 4.78 is 41.9. The van der Waals surface area contributed by atoms with E-state index >= 15 is 0 Å². The molecule has 94 valence electrons. The highest BCUT2D eigenvalue weighted by Crippen LogP contribution is 2.32. The Bertz CT molecular complexity index is 603. The fourth-order valence-corrected chi connectivity index (χ4v) is 2.94. The van der Waals surface area contributed by atoms with Crippen molar-refractivity contribution in [2.45, 2.75) is 0 Å². The molecule has 1 heterocycles. The number of hydrogen-bond donors (Lipinski definition) is 0. The maximum Gasteiger partial charge on any atom is 0.673 e. The first-order chi connectivity index (χ1) is 8.45. The summed E-state index contributed by atoms with van der Waals surface area (Å²) in [7, 11) is -6.00. The van der Waals surface area contributed by atoms with E-state index in [2.05, 4.69) is 48.5 Å². The third-order valence-corrected chi connectivity index (χ3v) is 3.60. The monoisotopic (exact) mass is 272 g/mol. The molecule has 3 rings (SSSR count). The summed E-state index contributed by atoms with van der Waals surface area (Å²) in [6.45, 7) is 0. The molecule has 0 nitrogen and oxygen atoms in total. The van der Waals surface area contributed by atoms with E-state index < -0.39 is 7.25 Å². The second kappa shape index (κ2) is 4.98. The van der Waals surface area contributed by atoms with Gasteiger partial charge in [0, 0.05) is 10.8 Å². The lowest BCUT2D eigenvalue weighted by Gasteiger charge is -1.94. The maximum atomic E-state index is 9.75. The average molecular weight is 272 g/mol. The third-order valence-electron chi connectivity index (χ3n) is 2.34. The van der Waals surface area contributed by atoms with Crippen molar-refractivity contribution in [2.24, 2.45) is 0 Å². The molecule has 0 spiro atoms. The molecule has 0 unspecified atom stereocenters. The smallest absolute Gasteiger partial charge is 0.418 e. The summed E-state index contributed by atoms with van der Waals surface area (Å²) in [6.07, 6.45) is 0. The molecule has 0 fully saturated rings. The van der Waals surface area contributed by atoms with E-state index in [1.807, 2.05) is 0 Å². The van der Waals surface area contributed by atoms with Crippen LogP contribution in [-0.4, -0.2) is 7.25 Å². The van der Waals surface area contributed by atoms with Crippen LogP contribution in [0.5, 0.6) is 0 Å². The molecule has 2 aromatic carbocycles. The Balaban J connectivity index is 0.000000209. The molecule has 0 amide bonds. The molecule has 1 aromatic heterocycles. The van der Waals surface area contributed by atoms with Gasteiger partial charge in [0.2, 0.25) is 0 Å². The van der Waals surface area contributed by atoms with Gasteiger partial charge in [-0.3, -0.25) is 0 Å². The van der Waals surface area contributed by atoms with Crippen LogP contribution < -0.4 is 0 Å². The molecule has 0 aliphatic rings. The molecule has 0 N–H and O–H groups in total. The Morgan fingerprint density at radius 1 is 0.667 bits per heavy atom. The van der Waals surface area contributed by atoms with Gasteiger partial charge < -0.3 is 17.3 Å². The highest BCUT2D eigenvalue weighted by atomic mass is 32.1. The summed E-state index contributed by atoms with van der Waals surface area (Å²) in [5, 5.41) is 2.81. The van der Waals surface area contributed by atoms with Gasteiger partial charge in [-0.2, -0.15) is 0 Å². The van der Waals surface area contributed by atoms with Crippen molar-refractivity contribution in [2.75, 3.05) is 0 Å². The molecule has 0 radical (unpaired) electrons. The Kier molecular flexibility index (Phi) is 3.56. The van der Waals surface area contributed by atoms with Gasteiger partial charge in [-0.05, 0) is 35.6 Å². The van der Waals surface area contributed by atoms with Gasteiger partial charge in [-0.25, -0.2) is 0 Å². The van der Waals surface area contributed by atoms with Gasteiger partial charge in [-0.1, -0.05) is 24.3 Å². The zero-order valence-electron chi connectivity index (χ0n) is 9.16. The van der Waals surface area contributed by atoms with Crippen LogP contribution in [0.15, 0.2) is 48.5 Å². The Hall–Kier alpha value is -1.56. The molecule has 18 heavy (non-hydrogen) atoms. The van der Waals surface area contributed by atoms with Crippen LogP contribution in [0.25, 0.3) is 20.2 Å². The van der Waals surface area contributed by atoms with Crippen LogP contribution in [0.4, 0.5) is 17.3 Å². The first-order valence-electron chi connectivity index (χ1n) is 5.22. The van der Waals surface area contributed by atoms with Gasteiger partial charge in [0.25, 0.3) is 0 Å². The van der Waals surface area contributed by atoms with Crippen molar-refractivity contribution in [1.29, 1.82) is 0 Å². The molecule has 0 aliphatic carbocycles. The third kappa shape index (κ3) is 3.23. The van der Waals surface area contributed by atoms with Crippen LogP contribution in [0, 0.1) is 0 Å². The Labute approximate surface area is 105 Å².